The molecule has 1 fully saturated rings. The molecule has 0 amide bonds. The van der Waals surface area contributed by atoms with E-state index < -0.39 is 0 Å². The van der Waals surface area contributed by atoms with E-state index in [4.69, 9.17) is 4.99 Å². The minimum Gasteiger partial charge on any atom is -0.364 e. The van der Waals surface area contributed by atoms with Gasteiger partial charge < -0.3 is 20.4 Å². The fourth-order valence-electron chi connectivity index (χ4n) is 4.02. The van der Waals surface area contributed by atoms with Crippen LogP contribution in [0.1, 0.15) is 25.3 Å². The number of benzene rings is 1. The monoisotopic (exact) mass is 532 g/mol. The Labute approximate surface area is 202 Å². The number of halogens is 1. The molecule has 2 N–H and O–H groups in total. The zero-order chi connectivity index (χ0) is 20.6. The van der Waals surface area contributed by atoms with E-state index in [1.807, 2.05) is 12.3 Å². The topological polar surface area (TPSA) is 55.8 Å². The quantitative estimate of drug-likeness (QED) is 0.257. The summed E-state index contributed by atoms with van der Waals surface area (Å²) in [4.78, 5) is 14.1. The first-order chi connectivity index (χ1) is 14.8. The maximum atomic E-state index is 4.86. The van der Waals surface area contributed by atoms with Crippen molar-refractivity contribution in [3.05, 3.63) is 66.4 Å². The third-order valence-corrected chi connectivity index (χ3v) is 5.67. The van der Waals surface area contributed by atoms with Crippen molar-refractivity contribution in [3.8, 4) is 0 Å². The average Bonchev–Trinajstić information content (AvgIpc) is 3.34. The van der Waals surface area contributed by atoms with Crippen molar-refractivity contribution in [3.63, 3.8) is 0 Å². The number of nitrogens with one attached hydrogen (secondary N) is 2. The molecule has 1 saturated heterocycles. The first-order valence-electron chi connectivity index (χ1n) is 11.0. The summed E-state index contributed by atoms with van der Waals surface area (Å²) >= 11 is 0. The van der Waals surface area contributed by atoms with Crippen LogP contribution in [0.4, 0.5) is 11.5 Å². The van der Waals surface area contributed by atoms with E-state index in [0.717, 1.165) is 57.3 Å². The summed E-state index contributed by atoms with van der Waals surface area (Å²) < 4.78 is 0. The lowest BCUT2D eigenvalue weighted by Crippen LogP contribution is -2.48. The Morgan fingerprint density at radius 1 is 1.06 bits per heavy atom. The number of hydrogen-bond acceptors (Lipinski definition) is 4. The Balaban J connectivity index is 0.00000272. The molecule has 2 aliphatic rings. The fourth-order valence-corrected chi connectivity index (χ4v) is 4.02. The van der Waals surface area contributed by atoms with E-state index in [9.17, 15) is 0 Å². The highest BCUT2D eigenvalue weighted by atomic mass is 127. The summed E-state index contributed by atoms with van der Waals surface area (Å²) in [5.41, 5.74) is 2.51. The van der Waals surface area contributed by atoms with Gasteiger partial charge in [0.15, 0.2) is 5.96 Å². The zero-order valence-corrected chi connectivity index (χ0v) is 20.5. The summed E-state index contributed by atoms with van der Waals surface area (Å²) in [7, 11) is 0. The van der Waals surface area contributed by atoms with Crippen molar-refractivity contribution in [1.29, 1.82) is 0 Å². The number of anilines is 2. The predicted octanol–water partition coefficient (Wildman–Crippen LogP) is 3.80. The summed E-state index contributed by atoms with van der Waals surface area (Å²) in [5, 5.41) is 7.05. The minimum absolute atomic E-state index is 0. The number of hydrogen-bond donors (Lipinski definition) is 2. The number of pyridine rings is 1. The second-order valence-electron chi connectivity index (χ2n) is 7.84. The van der Waals surface area contributed by atoms with Gasteiger partial charge >= 0.3 is 0 Å². The van der Waals surface area contributed by atoms with E-state index in [0.29, 0.717) is 12.6 Å². The SMILES string of the molecule is CCNC(=NCc1cccc(N2CC=CC2)c1)NC1CCN(c2ccccn2)CC1.I. The number of guanidine groups is 1. The second kappa shape index (κ2) is 11.9. The Morgan fingerprint density at radius 3 is 2.58 bits per heavy atom. The maximum Gasteiger partial charge on any atom is 0.191 e. The normalized spacial score (nSPS) is 16.9. The molecule has 0 unspecified atom stereocenters. The molecular formula is C24H33IN6. The van der Waals surface area contributed by atoms with Crippen molar-refractivity contribution in [1.82, 2.24) is 15.6 Å². The largest absolute Gasteiger partial charge is 0.364 e. The van der Waals surface area contributed by atoms with Crippen LogP contribution in [0.5, 0.6) is 0 Å². The minimum atomic E-state index is 0. The van der Waals surface area contributed by atoms with Gasteiger partial charge in [-0.15, -0.1) is 24.0 Å². The molecule has 0 radical (unpaired) electrons. The number of rotatable bonds is 6. The van der Waals surface area contributed by atoms with Gasteiger partial charge in [0, 0.05) is 50.6 Å². The fraction of sp³-hybridized carbons (Fsp3) is 0.417. The Morgan fingerprint density at radius 2 is 1.87 bits per heavy atom. The molecule has 0 spiro atoms. The van der Waals surface area contributed by atoms with Gasteiger partial charge in [-0.05, 0) is 49.6 Å². The van der Waals surface area contributed by atoms with E-state index in [-0.39, 0.29) is 24.0 Å². The van der Waals surface area contributed by atoms with Crippen LogP contribution in [0.25, 0.3) is 0 Å². The molecule has 166 valence electrons. The van der Waals surface area contributed by atoms with Crippen LogP contribution in [0.2, 0.25) is 0 Å². The summed E-state index contributed by atoms with van der Waals surface area (Å²) in [6, 6.07) is 15.3. The van der Waals surface area contributed by atoms with Gasteiger partial charge in [-0.3, -0.25) is 0 Å². The van der Waals surface area contributed by atoms with Crippen molar-refractivity contribution in [2.24, 2.45) is 4.99 Å². The van der Waals surface area contributed by atoms with Gasteiger partial charge in [0.1, 0.15) is 5.82 Å². The van der Waals surface area contributed by atoms with Crippen molar-refractivity contribution in [2.75, 3.05) is 42.5 Å². The third-order valence-electron chi connectivity index (χ3n) is 5.67. The highest BCUT2D eigenvalue weighted by Crippen LogP contribution is 2.19. The molecule has 7 heteroatoms. The van der Waals surface area contributed by atoms with E-state index in [1.165, 1.54) is 11.3 Å². The van der Waals surface area contributed by atoms with Gasteiger partial charge in [-0.1, -0.05) is 30.4 Å². The van der Waals surface area contributed by atoms with E-state index >= 15 is 0 Å². The lowest BCUT2D eigenvalue weighted by molar-refractivity contribution is 0.459. The third kappa shape index (κ3) is 6.59. The Bertz CT molecular complexity index is 853. The van der Waals surface area contributed by atoms with Crippen LogP contribution in [0.3, 0.4) is 0 Å². The number of aromatic nitrogens is 1. The van der Waals surface area contributed by atoms with Gasteiger partial charge in [0.25, 0.3) is 0 Å². The Kier molecular flexibility index (Phi) is 8.99. The van der Waals surface area contributed by atoms with Crippen LogP contribution < -0.4 is 20.4 Å². The highest BCUT2D eigenvalue weighted by molar-refractivity contribution is 14.0. The zero-order valence-electron chi connectivity index (χ0n) is 18.2. The van der Waals surface area contributed by atoms with Gasteiger partial charge in [0.2, 0.25) is 0 Å². The lowest BCUT2D eigenvalue weighted by Gasteiger charge is -2.33. The summed E-state index contributed by atoms with van der Waals surface area (Å²) in [6.07, 6.45) is 8.47. The van der Waals surface area contributed by atoms with Crippen LogP contribution in [-0.4, -0.2) is 49.7 Å². The molecule has 1 aromatic heterocycles. The van der Waals surface area contributed by atoms with Crippen LogP contribution in [0, 0.1) is 0 Å². The van der Waals surface area contributed by atoms with Crippen molar-refractivity contribution < 1.29 is 0 Å². The van der Waals surface area contributed by atoms with Crippen LogP contribution in [0.15, 0.2) is 65.8 Å². The molecule has 1 aromatic carbocycles. The molecule has 0 aliphatic carbocycles. The van der Waals surface area contributed by atoms with Crippen LogP contribution in [-0.2, 0) is 6.54 Å². The van der Waals surface area contributed by atoms with Gasteiger partial charge in [-0.2, -0.15) is 0 Å². The first kappa shape index (κ1) is 23.4. The smallest absolute Gasteiger partial charge is 0.191 e. The molecule has 6 nitrogen and oxygen atoms in total. The molecule has 4 rings (SSSR count). The second-order valence-corrected chi connectivity index (χ2v) is 7.84. The molecular weight excluding hydrogens is 499 g/mol. The van der Waals surface area contributed by atoms with E-state index in [2.05, 4.69) is 80.9 Å². The molecule has 0 atom stereocenters. The molecule has 3 heterocycles. The summed E-state index contributed by atoms with van der Waals surface area (Å²) in [5.74, 6) is 1.98. The van der Waals surface area contributed by atoms with Gasteiger partial charge in [-0.25, -0.2) is 9.98 Å². The predicted molar refractivity (Wildman–Crippen MR) is 141 cm³/mol. The standard InChI is InChI=1S/C24H32N6.HI/c1-2-25-24(27-19-20-8-7-9-22(18-20)29-14-5-6-15-29)28-21-11-16-30(17-12-21)23-10-3-4-13-26-23;/h3-10,13,18,21H,2,11-12,14-17,19H2,1H3,(H2,25,27,28);1H. The first-order valence-corrected chi connectivity index (χ1v) is 11.0. The highest BCUT2D eigenvalue weighted by Gasteiger charge is 2.20. The van der Waals surface area contributed by atoms with Crippen molar-refractivity contribution in [2.45, 2.75) is 32.4 Å². The Hall–Kier alpha value is -2.29. The number of piperidine rings is 1. The maximum absolute atomic E-state index is 4.86. The molecule has 0 bridgehead atoms. The number of aliphatic imine (C=N–C) groups is 1. The van der Waals surface area contributed by atoms with Crippen molar-refractivity contribution >= 4 is 41.4 Å². The van der Waals surface area contributed by atoms with Gasteiger partial charge in [0.05, 0.1) is 6.54 Å². The molecule has 31 heavy (non-hydrogen) atoms. The average molecular weight is 532 g/mol. The van der Waals surface area contributed by atoms with E-state index in [1.54, 1.807) is 0 Å². The molecule has 0 saturated carbocycles. The number of nitrogens with zero attached hydrogens (tertiary/aromatic N) is 4. The summed E-state index contributed by atoms with van der Waals surface area (Å²) in [6.45, 7) is 7.67. The molecule has 2 aliphatic heterocycles. The molecule has 2 aromatic rings. The lowest BCUT2D eigenvalue weighted by atomic mass is 10.1. The van der Waals surface area contributed by atoms with Crippen LogP contribution >= 0.6 is 24.0 Å².